The Bertz CT molecular complexity index is 3170. The number of allylic oxidation sites excluding steroid dienone is 19. The fourth-order valence-electron chi connectivity index (χ4n) is 8.95. The lowest BCUT2D eigenvalue weighted by molar-refractivity contribution is 0.654. The Morgan fingerprint density at radius 1 is 0.574 bits per heavy atom. The van der Waals surface area contributed by atoms with Gasteiger partial charge in [-0.2, -0.15) is 0 Å². The van der Waals surface area contributed by atoms with Crippen molar-refractivity contribution in [2.45, 2.75) is 40.0 Å². The Balaban J connectivity index is 0.000000213. The minimum absolute atomic E-state index is 0.0766. The highest BCUT2D eigenvalue weighted by Crippen LogP contribution is 2.47. The molecule has 0 fully saturated rings. The van der Waals surface area contributed by atoms with E-state index < -0.39 is 0 Å². The lowest BCUT2D eigenvalue weighted by atomic mass is 9.81. The van der Waals surface area contributed by atoms with Gasteiger partial charge in [-0.3, -0.25) is 0 Å². The molecule has 0 saturated carbocycles. The third-order valence-corrected chi connectivity index (χ3v) is 12.1. The summed E-state index contributed by atoms with van der Waals surface area (Å²) < 4.78 is 2.40. The number of nitrogens with two attached hydrogens (primary N) is 1. The van der Waals surface area contributed by atoms with Gasteiger partial charge in [0, 0.05) is 33.1 Å². The number of hydrogen-bond donors (Lipinski definition) is 1. The van der Waals surface area contributed by atoms with E-state index in [1.807, 2.05) is 61.6 Å². The number of nitrogens with zero attached hydrogens (tertiary/aromatic N) is 1. The number of hydrogen-bond acceptors (Lipinski definition) is 1. The zero-order valence-electron chi connectivity index (χ0n) is 40.4. The fourth-order valence-corrected chi connectivity index (χ4v) is 8.95. The Kier molecular flexibility index (Phi) is 16.9. The maximum absolute atomic E-state index is 5.58. The van der Waals surface area contributed by atoms with Crippen LogP contribution >= 0.6 is 0 Å². The number of anilines is 1. The zero-order valence-corrected chi connectivity index (χ0v) is 40.4. The Morgan fingerprint density at radius 3 is 1.82 bits per heavy atom. The maximum atomic E-state index is 5.58. The number of fused-ring (bicyclic) bond motifs is 4. The van der Waals surface area contributed by atoms with E-state index in [4.69, 9.17) is 5.73 Å². The normalized spacial score (nSPS) is 13.6. The van der Waals surface area contributed by atoms with Crippen LogP contribution in [-0.2, 0) is 5.41 Å². The van der Waals surface area contributed by atoms with Crippen molar-refractivity contribution in [3.63, 3.8) is 0 Å². The van der Waals surface area contributed by atoms with Crippen molar-refractivity contribution >= 4 is 49.8 Å². The Labute approximate surface area is 405 Å². The molecule has 0 unspecified atom stereocenters. The van der Waals surface area contributed by atoms with E-state index in [0.717, 1.165) is 39.2 Å². The molecule has 2 nitrogen and oxygen atoms in total. The van der Waals surface area contributed by atoms with Crippen LogP contribution in [0.3, 0.4) is 0 Å². The average Bonchev–Trinajstić information content (AvgIpc) is 3.81. The van der Waals surface area contributed by atoms with Gasteiger partial charge in [-0.05, 0) is 131 Å². The summed E-state index contributed by atoms with van der Waals surface area (Å²) in [6, 6.07) is 49.1. The van der Waals surface area contributed by atoms with E-state index in [0.29, 0.717) is 0 Å². The van der Waals surface area contributed by atoms with Gasteiger partial charge in [0.05, 0.1) is 11.0 Å². The lowest BCUT2D eigenvalue weighted by Gasteiger charge is -2.22. The third kappa shape index (κ3) is 10.7. The highest BCUT2D eigenvalue weighted by molar-refractivity contribution is 6.15. The second kappa shape index (κ2) is 23.3. The molecule has 0 spiro atoms. The molecule has 1 aliphatic carbocycles. The molecule has 0 bridgehead atoms. The molecular weight excluding hydrogens is 821 g/mol. The minimum atomic E-state index is 0.0766. The van der Waals surface area contributed by atoms with Gasteiger partial charge in [-0.25, -0.2) is 0 Å². The van der Waals surface area contributed by atoms with Gasteiger partial charge in [0.15, 0.2) is 0 Å². The van der Waals surface area contributed by atoms with Crippen LogP contribution in [0, 0.1) is 0 Å². The summed E-state index contributed by atoms with van der Waals surface area (Å²) in [7, 11) is 0. The van der Waals surface area contributed by atoms with Crippen molar-refractivity contribution in [1.29, 1.82) is 0 Å². The van der Waals surface area contributed by atoms with Crippen LogP contribution in [0.5, 0.6) is 0 Å². The largest absolute Gasteiger partial charge is 0.399 e. The van der Waals surface area contributed by atoms with Gasteiger partial charge in [0.25, 0.3) is 0 Å². The predicted molar refractivity (Wildman–Crippen MR) is 303 cm³/mol. The number of para-hydroxylation sites is 1. The van der Waals surface area contributed by atoms with Gasteiger partial charge in [-0.1, -0.05) is 223 Å². The van der Waals surface area contributed by atoms with Crippen molar-refractivity contribution in [2.24, 2.45) is 0 Å². The Morgan fingerprint density at radius 2 is 1.21 bits per heavy atom. The Hall–Kier alpha value is -8.20. The molecule has 2 N–H and O–H groups in total. The van der Waals surface area contributed by atoms with Gasteiger partial charge < -0.3 is 10.3 Å². The van der Waals surface area contributed by atoms with Crippen LogP contribution in [0.2, 0.25) is 0 Å². The minimum Gasteiger partial charge on any atom is -0.399 e. The van der Waals surface area contributed by atoms with E-state index in [1.165, 1.54) is 60.8 Å². The summed E-state index contributed by atoms with van der Waals surface area (Å²) in [5.74, 6) is 0. The van der Waals surface area contributed by atoms with Crippen molar-refractivity contribution in [2.75, 3.05) is 5.73 Å². The SMILES string of the molecule is C=C/C=C(\C=C)c1ccc(N)cc1.C=C/C=C\C(=C/C)c1cc(-c2ccccc2)c2c(c1)c1cc(C(/C=C\C)=C/C=C)ccc1n2-c1ccccc1.C=CC1=C(/C=C\C)c2ccccc2C1(C)C. The summed E-state index contributed by atoms with van der Waals surface area (Å²) in [4.78, 5) is 0. The molecule has 0 atom stereocenters. The molecular formula is C66H64N2. The summed E-state index contributed by atoms with van der Waals surface area (Å²) in [6.07, 6.45) is 28.0. The lowest BCUT2D eigenvalue weighted by Crippen LogP contribution is -2.15. The van der Waals surface area contributed by atoms with Crippen LogP contribution in [0.25, 0.3) is 60.9 Å². The summed E-state index contributed by atoms with van der Waals surface area (Å²) in [6.45, 7) is 29.9. The predicted octanol–water partition coefficient (Wildman–Crippen LogP) is 18.3. The second-order valence-electron chi connectivity index (χ2n) is 16.8. The average molecular weight is 885 g/mol. The van der Waals surface area contributed by atoms with E-state index in [2.05, 4.69) is 223 Å². The maximum Gasteiger partial charge on any atom is 0.0619 e. The van der Waals surface area contributed by atoms with Gasteiger partial charge in [0.1, 0.15) is 0 Å². The van der Waals surface area contributed by atoms with Gasteiger partial charge in [-0.15, -0.1) is 0 Å². The quantitative estimate of drug-likeness (QED) is 0.0908. The second-order valence-corrected chi connectivity index (χ2v) is 16.8. The highest BCUT2D eigenvalue weighted by Gasteiger charge is 2.34. The van der Waals surface area contributed by atoms with Gasteiger partial charge >= 0.3 is 0 Å². The first-order chi connectivity index (χ1) is 33.1. The molecule has 0 amide bonds. The van der Waals surface area contributed by atoms with E-state index in [-0.39, 0.29) is 5.41 Å². The molecule has 2 heteroatoms. The first-order valence-electron chi connectivity index (χ1n) is 23.2. The molecule has 68 heavy (non-hydrogen) atoms. The molecule has 0 aliphatic heterocycles. The third-order valence-electron chi connectivity index (χ3n) is 12.1. The van der Waals surface area contributed by atoms with Crippen LogP contribution < -0.4 is 5.73 Å². The molecule has 338 valence electrons. The molecule has 1 aromatic heterocycles. The molecule has 0 radical (unpaired) electrons. The topological polar surface area (TPSA) is 30.9 Å². The van der Waals surface area contributed by atoms with Gasteiger partial charge in [0.2, 0.25) is 0 Å². The van der Waals surface area contributed by atoms with Crippen molar-refractivity contribution in [3.8, 4) is 16.8 Å². The number of nitrogen functional groups attached to an aromatic ring is 1. The first-order valence-corrected chi connectivity index (χ1v) is 23.2. The smallest absolute Gasteiger partial charge is 0.0619 e. The summed E-state index contributed by atoms with van der Waals surface area (Å²) >= 11 is 0. The van der Waals surface area contributed by atoms with Crippen molar-refractivity contribution < 1.29 is 0 Å². The number of benzene rings is 6. The molecule has 8 rings (SSSR count). The standard InChI is InChI=1S/C38H33N.C16H18.C12H13N/c1-5-9-18-28(8-4)32-26-34(30-19-12-10-13-20-30)38-36(27-32)35-25-31(29(16-6-2)17-7-3)23-24-37(35)39(38)33-21-14-11-15-22-33;1-5-9-12-13-10-7-8-11-15(13)16(3,4)14(12)6-2;1-3-5-10(4-2)11-6-8-12(13)9-7-11/h5-27H,1-2H2,3-4H3;5-11H,2H2,1,3-4H3;3-9H,1-2,13H2/b17-7-,18-9-,28-8+,29-16+;9-5-;10-5+. The van der Waals surface area contributed by atoms with Crippen LogP contribution in [0.1, 0.15) is 62.4 Å². The first kappa shape index (κ1) is 49.2. The molecule has 7 aromatic rings. The molecule has 6 aromatic carbocycles. The van der Waals surface area contributed by atoms with Crippen LogP contribution in [0.15, 0.2) is 263 Å². The highest BCUT2D eigenvalue weighted by atomic mass is 15.0. The summed E-state index contributed by atoms with van der Waals surface area (Å²) in [5, 5.41) is 2.44. The zero-order chi connectivity index (χ0) is 48.6. The molecule has 1 heterocycles. The van der Waals surface area contributed by atoms with Crippen LogP contribution in [0.4, 0.5) is 5.69 Å². The summed E-state index contributed by atoms with van der Waals surface area (Å²) in [5.41, 5.74) is 24.5. The van der Waals surface area contributed by atoms with E-state index in [9.17, 15) is 0 Å². The van der Waals surface area contributed by atoms with Crippen molar-refractivity contribution in [3.05, 3.63) is 291 Å². The number of aromatic nitrogens is 1. The molecule has 0 saturated heterocycles. The molecule has 1 aliphatic rings. The van der Waals surface area contributed by atoms with E-state index in [1.54, 1.807) is 12.2 Å². The monoisotopic (exact) mass is 885 g/mol. The van der Waals surface area contributed by atoms with Crippen LogP contribution in [-0.4, -0.2) is 4.57 Å². The number of rotatable bonds is 13. The fraction of sp³-hybridized carbons (Fsp3) is 0.0909. The van der Waals surface area contributed by atoms with E-state index >= 15 is 0 Å². The van der Waals surface area contributed by atoms with Crippen molar-refractivity contribution in [1.82, 2.24) is 4.57 Å².